The zero-order chi connectivity index (χ0) is 17.5. The molecule has 0 radical (unpaired) electrons. The summed E-state index contributed by atoms with van der Waals surface area (Å²) >= 11 is 7.33. The number of nitrogens with one attached hydrogen (secondary N) is 2. The monoisotopic (exact) mass is 367 g/mol. The van der Waals surface area contributed by atoms with E-state index in [1.807, 2.05) is 6.07 Å². The first-order chi connectivity index (χ1) is 11.1. The maximum Gasteiger partial charge on any atom is 0.273 e. The van der Waals surface area contributed by atoms with E-state index in [0.717, 1.165) is 17.7 Å². The summed E-state index contributed by atoms with van der Waals surface area (Å²) in [5.74, 6) is 0.356. The minimum atomic E-state index is -0.203. The summed E-state index contributed by atoms with van der Waals surface area (Å²) in [6, 6.07) is 5.41. The lowest BCUT2D eigenvalue weighted by molar-refractivity contribution is 0.0864. The molecule has 0 aromatic carbocycles. The zero-order valence-electron chi connectivity index (χ0n) is 14.3. The van der Waals surface area contributed by atoms with Crippen LogP contribution in [0.15, 0.2) is 22.7 Å². The van der Waals surface area contributed by atoms with Gasteiger partial charge in [0.05, 0.1) is 9.21 Å². The van der Waals surface area contributed by atoms with Gasteiger partial charge in [-0.05, 0) is 52.7 Å². The summed E-state index contributed by atoms with van der Waals surface area (Å²) in [5, 5.41) is 10.6. The molecular weight excluding hydrogens is 346 g/mol. The van der Waals surface area contributed by atoms with Crippen LogP contribution in [-0.2, 0) is 0 Å². The van der Waals surface area contributed by atoms with E-state index in [4.69, 9.17) is 16.1 Å². The average molecular weight is 368 g/mol. The maximum atomic E-state index is 12.5. The quantitative estimate of drug-likeness (QED) is 0.857. The number of piperidine rings is 1. The van der Waals surface area contributed by atoms with E-state index in [-0.39, 0.29) is 23.0 Å². The van der Waals surface area contributed by atoms with Gasteiger partial charge in [0.25, 0.3) is 5.91 Å². The number of amides is 1. The van der Waals surface area contributed by atoms with Gasteiger partial charge in [-0.15, -0.1) is 11.3 Å². The van der Waals surface area contributed by atoms with Crippen LogP contribution in [0.5, 0.6) is 0 Å². The van der Waals surface area contributed by atoms with Crippen LogP contribution in [0.1, 0.15) is 51.0 Å². The van der Waals surface area contributed by atoms with Gasteiger partial charge < -0.3 is 15.2 Å². The molecule has 2 N–H and O–H groups in total. The van der Waals surface area contributed by atoms with Crippen LogP contribution in [0.3, 0.4) is 0 Å². The maximum absolute atomic E-state index is 12.5. The van der Waals surface area contributed by atoms with Crippen LogP contribution in [0.25, 0.3) is 10.6 Å². The number of halogens is 1. The fourth-order valence-electron chi connectivity index (χ4n) is 3.63. The van der Waals surface area contributed by atoms with Crippen LogP contribution < -0.4 is 10.6 Å². The van der Waals surface area contributed by atoms with Crippen LogP contribution in [0, 0.1) is 0 Å². The highest BCUT2D eigenvalue weighted by atomic mass is 35.5. The molecule has 1 aliphatic heterocycles. The molecule has 0 atom stereocenters. The lowest BCUT2D eigenvalue weighted by atomic mass is 9.79. The molecule has 1 saturated heterocycles. The van der Waals surface area contributed by atoms with Gasteiger partial charge in [0.15, 0.2) is 11.5 Å². The molecule has 3 rings (SSSR count). The first-order valence-electron chi connectivity index (χ1n) is 7.96. The van der Waals surface area contributed by atoms with E-state index < -0.39 is 0 Å². The topological polar surface area (TPSA) is 67.2 Å². The molecular formula is C17H22ClN3O2S. The van der Waals surface area contributed by atoms with E-state index in [1.54, 1.807) is 12.1 Å². The van der Waals surface area contributed by atoms with Gasteiger partial charge in [-0.3, -0.25) is 4.79 Å². The van der Waals surface area contributed by atoms with Crippen molar-refractivity contribution >= 4 is 28.8 Å². The van der Waals surface area contributed by atoms with Crippen LogP contribution in [0.4, 0.5) is 0 Å². The number of rotatable bonds is 3. The Morgan fingerprint density at radius 2 is 2.00 bits per heavy atom. The van der Waals surface area contributed by atoms with E-state index in [1.165, 1.54) is 11.3 Å². The smallest absolute Gasteiger partial charge is 0.273 e. The second kappa shape index (κ2) is 6.17. The van der Waals surface area contributed by atoms with E-state index in [9.17, 15) is 4.79 Å². The summed E-state index contributed by atoms with van der Waals surface area (Å²) in [6.45, 7) is 8.62. The molecule has 2 aromatic heterocycles. The van der Waals surface area contributed by atoms with E-state index in [2.05, 4.69) is 43.5 Å². The highest BCUT2D eigenvalue weighted by Crippen LogP contribution is 2.32. The fraction of sp³-hybridized carbons (Fsp3) is 0.529. The number of hydrogen-bond acceptors (Lipinski definition) is 5. The zero-order valence-corrected chi connectivity index (χ0v) is 15.8. The summed E-state index contributed by atoms with van der Waals surface area (Å²) in [4.78, 5) is 13.4. The molecule has 7 heteroatoms. The molecule has 3 heterocycles. The van der Waals surface area contributed by atoms with Crippen molar-refractivity contribution in [3.05, 3.63) is 28.2 Å². The molecule has 0 saturated carbocycles. The molecule has 0 unspecified atom stereocenters. The van der Waals surface area contributed by atoms with Gasteiger partial charge in [0, 0.05) is 23.2 Å². The van der Waals surface area contributed by atoms with Gasteiger partial charge in [-0.2, -0.15) is 0 Å². The molecule has 0 bridgehead atoms. The third-order valence-corrected chi connectivity index (χ3v) is 5.33. The van der Waals surface area contributed by atoms with E-state index in [0.29, 0.717) is 15.8 Å². The van der Waals surface area contributed by atoms with Crippen molar-refractivity contribution in [1.82, 2.24) is 15.8 Å². The fourth-order valence-corrected chi connectivity index (χ4v) is 4.62. The minimum Gasteiger partial charge on any atom is -0.355 e. The molecule has 1 aliphatic rings. The lowest BCUT2D eigenvalue weighted by Gasteiger charge is -2.46. The molecule has 24 heavy (non-hydrogen) atoms. The lowest BCUT2D eigenvalue weighted by Crippen LogP contribution is -2.62. The third kappa shape index (κ3) is 3.99. The second-order valence-corrected chi connectivity index (χ2v) is 9.37. The number of aromatic nitrogens is 1. The standard InChI is InChI=1S/C17H22ClN3O2S/c1-16(2)8-10(9-17(3,4)21-16)19-15(22)11-7-12(23-20-11)13-5-6-14(18)24-13/h5-7,10,21H,8-9H2,1-4H3,(H,19,22). The average Bonchev–Trinajstić information content (AvgIpc) is 3.02. The number of hydrogen-bond donors (Lipinski definition) is 2. The molecule has 130 valence electrons. The Hall–Kier alpha value is -1.37. The SMILES string of the molecule is CC1(C)CC(NC(=O)c2cc(-c3ccc(Cl)s3)on2)CC(C)(C)N1. The molecule has 0 aliphatic carbocycles. The van der Waals surface area contributed by atoms with Crippen molar-refractivity contribution in [2.24, 2.45) is 0 Å². The Kier molecular flexibility index (Phi) is 4.49. The Morgan fingerprint density at radius 3 is 2.58 bits per heavy atom. The Balaban J connectivity index is 1.70. The van der Waals surface area contributed by atoms with Gasteiger partial charge in [-0.1, -0.05) is 16.8 Å². The predicted octanol–water partition coefficient (Wildman–Crippen LogP) is 4.10. The predicted molar refractivity (Wildman–Crippen MR) is 96.6 cm³/mol. The molecule has 5 nitrogen and oxygen atoms in total. The second-order valence-electron chi connectivity index (χ2n) is 7.65. The highest BCUT2D eigenvalue weighted by molar-refractivity contribution is 7.19. The van der Waals surface area contributed by atoms with Gasteiger partial charge in [0.2, 0.25) is 0 Å². The van der Waals surface area contributed by atoms with Crippen molar-refractivity contribution in [1.29, 1.82) is 0 Å². The third-order valence-electron chi connectivity index (χ3n) is 4.08. The highest BCUT2D eigenvalue weighted by Gasteiger charge is 2.38. The Labute approximate surface area is 150 Å². The van der Waals surface area contributed by atoms with Crippen LogP contribution in [0.2, 0.25) is 4.34 Å². The number of carbonyl (C=O) groups is 1. The van der Waals surface area contributed by atoms with Gasteiger partial charge in [-0.25, -0.2) is 0 Å². The number of carbonyl (C=O) groups excluding carboxylic acids is 1. The van der Waals surface area contributed by atoms with Crippen molar-refractivity contribution in [3.63, 3.8) is 0 Å². The molecule has 2 aromatic rings. The number of thiophene rings is 1. The first kappa shape index (κ1) is 17.5. The Bertz CT molecular complexity index is 735. The summed E-state index contributed by atoms with van der Waals surface area (Å²) < 4.78 is 5.96. The summed E-state index contributed by atoms with van der Waals surface area (Å²) in [6.07, 6.45) is 1.74. The minimum absolute atomic E-state index is 0.0254. The van der Waals surface area contributed by atoms with Gasteiger partial charge in [0.1, 0.15) is 0 Å². The molecule has 0 spiro atoms. The van der Waals surface area contributed by atoms with Crippen LogP contribution >= 0.6 is 22.9 Å². The van der Waals surface area contributed by atoms with E-state index >= 15 is 0 Å². The number of nitrogens with zero attached hydrogens (tertiary/aromatic N) is 1. The Morgan fingerprint density at radius 1 is 1.33 bits per heavy atom. The van der Waals surface area contributed by atoms with Gasteiger partial charge >= 0.3 is 0 Å². The molecule has 1 amide bonds. The van der Waals surface area contributed by atoms with Crippen molar-refractivity contribution < 1.29 is 9.32 Å². The van der Waals surface area contributed by atoms with Crippen molar-refractivity contribution in [3.8, 4) is 10.6 Å². The first-order valence-corrected chi connectivity index (χ1v) is 9.16. The van der Waals surface area contributed by atoms with Crippen molar-refractivity contribution in [2.75, 3.05) is 0 Å². The summed E-state index contributed by atoms with van der Waals surface area (Å²) in [5.41, 5.74) is 0.244. The van der Waals surface area contributed by atoms with Crippen LogP contribution in [-0.4, -0.2) is 28.2 Å². The summed E-state index contributed by atoms with van der Waals surface area (Å²) in [7, 11) is 0. The normalized spacial score (nSPS) is 20.0. The molecule has 1 fully saturated rings. The largest absolute Gasteiger partial charge is 0.355 e. The van der Waals surface area contributed by atoms with Crippen molar-refractivity contribution in [2.45, 2.75) is 57.7 Å².